The molecule has 1 atom stereocenters. The lowest BCUT2D eigenvalue weighted by atomic mass is 10.0. The molecule has 1 aromatic rings. The van der Waals surface area contributed by atoms with Gasteiger partial charge in [-0.3, -0.25) is 0 Å². The van der Waals surface area contributed by atoms with Crippen molar-refractivity contribution in [1.29, 1.82) is 0 Å². The van der Waals surface area contributed by atoms with Crippen molar-refractivity contribution in [2.75, 3.05) is 11.5 Å². The largest absolute Gasteiger partial charge is 0.383 e. The third-order valence-electron chi connectivity index (χ3n) is 3.55. The normalized spacial score (nSPS) is 18.8. The van der Waals surface area contributed by atoms with Crippen molar-refractivity contribution in [2.24, 2.45) is 5.73 Å². The Labute approximate surface area is 114 Å². The number of anilines is 1. The lowest BCUT2D eigenvalue weighted by molar-refractivity contribution is 0.515. The number of nitrogens with zero attached hydrogens (tertiary/aromatic N) is 1. The molecule has 100 valence electrons. The summed E-state index contributed by atoms with van der Waals surface area (Å²) in [6, 6.07) is 2.07. The van der Waals surface area contributed by atoms with Crippen LogP contribution in [-0.4, -0.2) is 16.0 Å². The van der Waals surface area contributed by atoms with Crippen LogP contribution in [0.4, 0.5) is 5.82 Å². The lowest BCUT2D eigenvalue weighted by Gasteiger charge is -2.23. The van der Waals surface area contributed by atoms with Crippen LogP contribution in [0.1, 0.15) is 49.3 Å². The van der Waals surface area contributed by atoms with Crippen molar-refractivity contribution in [3.05, 3.63) is 23.4 Å². The molecular weight excluding hydrogens is 242 g/mol. The Hall–Kier alpha value is -0.740. The monoisotopic (exact) mass is 265 g/mol. The summed E-state index contributed by atoms with van der Waals surface area (Å²) in [7, 11) is 0. The molecule has 0 saturated heterocycles. The third kappa shape index (κ3) is 3.62. The first-order valence-electron chi connectivity index (χ1n) is 6.76. The predicted molar refractivity (Wildman–Crippen MR) is 79.6 cm³/mol. The highest BCUT2D eigenvalue weighted by atomic mass is 32.2. The fraction of sp³-hybridized carbons (Fsp3) is 0.643. The van der Waals surface area contributed by atoms with Crippen LogP contribution >= 0.6 is 11.8 Å². The number of rotatable bonds is 4. The molecule has 0 aromatic carbocycles. The van der Waals surface area contributed by atoms with E-state index in [1.807, 2.05) is 18.7 Å². The number of thioether (sulfide) groups is 1. The molecule has 1 aliphatic rings. The van der Waals surface area contributed by atoms with Gasteiger partial charge in [0.15, 0.2) is 0 Å². The van der Waals surface area contributed by atoms with Gasteiger partial charge in [-0.25, -0.2) is 4.98 Å². The van der Waals surface area contributed by atoms with Crippen LogP contribution in [0.15, 0.2) is 12.3 Å². The number of nitrogen functional groups attached to an aromatic ring is 1. The summed E-state index contributed by atoms with van der Waals surface area (Å²) in [5.41, 5.74) is 14.3. The first-order chi connectivity index (χ1) is 8.66. The molecule has 1 aliphatic carbocycles. The Morgan fingerprint density at radius 3 is 2.83 bits per heavy atom. The summed E-state index contributed by atoms with van der Waals surface area (Å²) in [6.45, 7) is 2.02. The van der Waals surface area contributed by atoms with Crippen molar-refractivity contribution < 1.29 is 0 Å². The standard InChI is InChI=1S/C14H23N3S/c1-10-7-12(14(16)17-8-10)13(15)9-18-11-5-3-2-4-6-11/h7-8,11,13H,2-6,9,15H2,1H3,(H2,16,17). The van der Waals surface area contributed by atoms with Crippen LogP contribution in [0.3, 0.4) is 0 Å². The fourth-order valence-electron chi connectivity index (χ4n) is 2.46. The third-order valence-corrected chi connectivity index (χ3v) is 5.04. The van der Waals surface area contributed by atoms with E-state index in [1.165, 1.54) is 32.1 Å². The quantitative estimate of drug-likeness (QED) is 0.878. The van der Waals surface area contributed by atoms with Gasteiger partial charge < -0.3 is 11.5 Å². The maximum atomic E-state index is 6.24. The van der Waals surface area contributed by atoms with E-state index in [2.05, 4.69) is 11.1 Å². The molecule has 0 bridgehead atoms. The number of hydrogen-bond donors (Lipinski definition) is 2. The van der Waals surface area contributed by atoms with E-state index in [0.29, 0.717) is 5.82 Å². The SMILES string of the molecule is Cc1cnc(N)c(C(N)CSC2CCCCC2)c1. The van der Waals surface area contributed by atoms with Gasteiger partial charge in [0, 0.05) is 28.8 Å². The molecule has 4 N–H and O–H groups in total. The second-order valence-corrected chi connectivity index (χ2v) is 6.52. The molecule has 1 fully saturated rings. The molecule has 1 heterocycles. The van der Waals surface area contributed by atoms with Gasteiger partial charge in [0.05, 0.1) is 0 Å². The van der Waals surface area contributed by atoms with E-state index >= 15 is 0 Å². The molecule has 2 rings (SSSR count). The van der Waals surface area contributed by atoms with Crippen molar-refractivity contribution in [1.82, 2.24) is 4.98 Å². The van der Waals surface area contributed by atoms with Gasteiger partial charge in [-0.2, -0.15) is 11.8 Å². The van der Waals surface area contributed by atoms with E-state index in [4.69, 9.17) is 11.5 Å². The van der Waals surface area contributed by atoms with Gasteiger partial charge in [0.2, 0.25) is 0 Å². The van der Waals surface area contributed by atoms with Crippen LogP contribution < -0.4 is 11.5 Å². The van der Waals surface area contributed by atoms with Crippen molar-refractivity contribution in [3.8, 4) is 0 Å². The maximum Gasteiger partial charge on any atom is 0.128 e. The number of hydrogen-bond acceptors (Lipinski definition) is 4. The fourth-order valence-corrected chi connectivity index (χ4v) is 3.79. The average molecular weight is 265 g/mol. The van der Waals surface area contributed by atoms with E-state index in [9.17, 15) is 0 Å². The zero-order valence-electron chi connectivity index (χ0n) is 11.1. The molecule has 0 aliphatic heterocycles. The van der Waals surface area contributed by atoms with Gasteiger partial charge >= 0.3 is 0 Å². The molecule has 0 spiro atoms. The van der Waals surface area contributed by atoms with Crippen LogP contribution in [0, 0.1) is 6.92 Å². The number of aromatic nitrogens is 1. The maximum absolute atomic E-state index is 6.24. The molecule has 0 amide bonds. The second kappa shape index (κ2) is 6.43. The number of aryl methyl sites for hydroxylation is 1. The first-order valence-corrected chi connectivity index (χ1v) is 7.81. The molecule has 1 aromatic heterocycles. The highest BCUT2D eigenvalue weighted by molar-refractivity contribution is 7.99. The summed E-state index contributed by atoms with van der Waals surface area (Å²) >= 11 is 2.01. The van der Waals surface area contributed by atoms with Crippen LogP contribution in [0.2, 0.25) is 0 Å². The molecule has 1 unspecified atom stereocenters. The van der Waals surface area contributed by atoms with Crippen molar-refractivity contribution >= 4 is 17.6 Å². The van der Waals surface area contributed by atoms with Gasteiger partial charge in [0.25, 0.3) is 0 Å². The molecular formula is C14H23N3S. The average Bonchev–Trinajstić information content (AvgIpc) is 2.40. The molecule has 3 nitrogen and oxygen atoms in total. The Morgan fingerprint density at radius 2 is 2.11 bits per heavy atom. The Balaban J connectivity index is 1.90. The van der Waals surface area contributed by atoms with Gasteiger partial charge in [-0.1, -0.05) is 19.3 Å². The lowest BCUT2D eigenvalue weighted by Crippen LogP contribution is -2.18. The Morgan fingerprint density at radius 1 is 1.39 bits per heavy atom. The van der Waals surface area contributed by atoms with Crippen LogP contribution in [0.25, 0.3) is 0 Å². The molecule has 4 heteroatoms. The van der Waals surface area contributed by atoms with Gasteiger partial charge in [-0.15, -0.1) is 0 Å². The highest BCUT2D eigenvalue weighted by Crippen LogP contribution is 2.31. The summed E-state index contributed by atoms with van der Waals surface area (Å²) < 4.78 is 0. The van der Waals surface area contributed by atoms with Crippen molar-refractivity contribution in [3.63, 3.8) is 0 Å². The van der Waals surface area contributed by atoms with Gasteiger partial charge in [-0.05, 0) is 31.4 Å². The van der Waals surface area contributed by atoms with E-state index in [-0.39, 0.29) is 6.04 Å². The zero-order valence-corrected chi connectivity index (χ0v) is 11.9. The van der Waals surface area contributed by atoms with Gasteiger partial charge in [0.1, 0.15) is 5.82 Å². The van der Waals surface area contributed by atoms with E-state index < -0.39 is 0 Å². The Bertz CT molecular complexity index is 389. The number of nitrogens with two attached hydrogens (primary N) is 2. The summed E-state index contributed by atoms with van der Waals surface area (Å²) in [5.74, 6) is 1.53. The van der Waals surface area contributed by atoms with Crippen molar-refractivity contribution in [2.45, 2.75) is 50.3 Å². The molecule has 0 radical (unpaired) electrons. The minimum Gasteiger partial charge on any atom is -0.383 e. The Kier molecular flexibility index (Phi) is 4.89. The zero-order chi connectivity index (χ0) is 13.0. The molecule has 18 heavy (non-hydrogen) atoms. The van der Waals surface area contributed by atoms with Crippen LogP contribution in [0.5, 0.6) is 0 Å². The minimum atomic E-state index is 0.00401. The minimum absolute atomic E-state index is 0.00401. The summed E-state index contributed by atoms with van der Waals surface area (Å²) in [6.07, 6.45) is 8.64. The van der Waals surface area contributed by atoms with Crippen LogP contribution in [-0.2, 0) is 0 Å². The highest BCUT2D eigenvalue weighted by Gasteiger charge is 2.17. The summed E-state index contributed by atoms with van der Waals surface area (Å²) in [4.78, 5) is 4.18. The predicted octanol–water partition coefficient (Wildman–Crippen LogP) is 3.04. The topological polar surface area (TPSA) is 64.9 Å². The number of pyridine rings is 1. The smallest absolute Gasteiger partial charge is 0.128 e. The van der Waals surface area contributed by atoms with E-state index in [0.717, 1.165) is 22.1 Å². The molecule has 1 saturated carbocycles. The first kappa shape index (κ1) is 13.7. The second-order valence-electron chi connectivity index (χ2n) is 5.19. The summed E-state index contributed by atoms with van der Waals surface area (Å²) in [5, 5.41) is 0.795. The van der Waals surface area contributed by atoms with E-state index in [1.54, 1.807) is 6.20 Å².